The number of nitrogens with zero attached hydrogens (tertiary/aromatic N) is 2. The fourth-order valence-corrected chi connectivity index (χ4v) is 2.60. The summed E-state index contributed by atoms with van der Waals surface area (Å²) in [6.07, 6.45) is -3.08. The van der Waals surface area contributed by atoms with Crippen molar-refractivity contribution in [2.75, 3.05) is 39.3 Å². The van der Waals surface area contributed by atoms with Gasteiger partial charge in [0.15, 0.2) is 0 Å². The van der Waals surface area contributed by atoms with Crippen LogP contribution in [0.15, 0.2) is 11.6 Å². The standard InChI is InChI=1S/C13H20F3N3O/c1-10(12(20)19-8-4-17-5-9-19)18-6-2-11(3-7-18)13(14,15)16/h2,10,17H,3-9H2,1H3. The number of hydrogen-bond acceptors (Lipinski definition) is 3. The molecule has 0 aromatic carbocycles. The highest BCUT2D eigenvalue weighted by atomic mass is 19.4. The summed E-state index contributed by atoms with van der Waals surface area (Å²) < 4.78 is 37.6. The Hall–Kier alpha value is -1.08. The maximum Gasteiger partial charge on any atom is 0.412 e. The molecule has 2 aliphatic heterocycles. The van der Waals surface area contributed by atoms with Gasteiger partial charge in [-0.2, -0.15) is 13.2 Å². The fourth-order valence-electron chi connectivity index (χ4n) is 2.60. The van der Waals surface area contributed by atoms with Gasteiger partial charge in [-0.15, -0.1) is 0 Å². The average molecular weight is 291 g/mol. The first-order valence-electron chi connectivity index (χ1n) is 6.89. The van der Waals surface area contributed by atoms with Crippen molar-refractivity contribution in [2.24, 2.45) is 0 Å². The molecule has 1 unspecified atom stereocenters. The summed E-state index contributed by atoms with van der Waals surface area (Å²) in [5, 5.41) is 3.17. The number of piperazine rings is 1. The van der Waals surface area contributed by atoms with Gasteiger partial charge in [-0.1, -0.05) is 6.08 Å². The van der Waals surface area contributed by atoms with Crippen molar-refractivity contribution in [3.8, 4) is 0 Å². The van der Waals surface area contributed by atoms with E-state index < -0.39 is 11.7 Å². The van der Waals surface area contributed by atoms with Gasteiger partial charge in [0.05, 0.1) is 6.04 Å². The normalized spacial score (nSPS) is 23.4. The van der Waals surface area contributed by atoms with Gasteiger partial charge in [-0.3, -0.25) is 9.69 Å². The van der Waals surface area contributed by atoms with Crippen molar-refractivity contribution in [3.63, 3.8) is 0 Å². The zero-order chi connectivity index (χ0) is 14.8. The molecule has 0 aliphatic carbocycles. The molecule has 2 aliphatic rings. The SMILES string of the molecule is CC(C(=O)N1CCNCC1)N1CC=C(C(F)(F)F)CC1. The van der Waals surface area contributed by atoms with Crippen molar-refractivity contribution in [1.82, 2.24) is 15.1 Å². The van der Waals surface area contributed by atoms with Gasteiger partial charge in [0.1, 0.15) is 0 Å². The molecule has 0 aromatic rings. The zero-order valence-electron chi connectivity index (χ0n) is 11.5. The van der Waals surface area contributed by atoms with Crippen LogP contribution in [-0.4, -0.2) is 67.2 Å². The Balaban J connectivity index is 1.92. The van der Waals surface area contributed by atoms with Crippen LogP contribution in [0.4, 0.5) is 13.2 Å². The molecular formula is C13H20F3N3O. The van der Waals surface area contributed by atoms with Crippen LogP contribution in [0.3, 0.4) is 0 Å². The van der Waals surface area contributed by atoms with Crippen molar-refractivity contribution in [1.29, 1.82) is 0 Å². The highest BCUT2D eigenvalue weighted by molar-refractivity contribution is 5.81. The van der Waals surface area contributed by atoms with E-state index in [0.717, 1.165) is 13.1 Å². The molecule has 0 spiro atoms. The number of rotatable bonds is 2. The van der Waals surface area contributed by atoms with Crippen LogP contribution >= 0.6 is 0 Å². The van der Waals surface area contributed by atoms with E-state index in [4.69, 9.17) is 0 Å². The second-order valence-electron chi connectivity index (χ2n) is 5.22. The van der Waals surface area contributed by atoms with Gasteiger partial charge in [0.25, 0.3) is 0 Å². The summed E-state index contributed by atoms with van der Waals surface area (Å²) in [6.45, 7) is 5.13. The van der Waals surface area contributed by atoms with E-state index in [1.807, 2.05) is 0 Å². The highest BCUT2D eigenvalue weighted by Gasteiger charge is 2.36. The molecule has 20 heavy (non-hydrogen) atoms. The van der Waals surface area contributed by atoms with Gasteiger partial charge >= 0.3 is 6.18 Å². The lowest BCUT2D eigenvalue weighted by Gasteiger charge is -2.36. The van der Waals surface area contributed by atoms with Crippen LogP contribution in [0.5, 0.6) is 0 Å². The van der Waals surface area contributed by atoms with E-state index in [-0.39, 0.29) is 31.5 Å². The minimum atomic E-state index is -4.24. The molecule has 7 heteroatoms. The maximum atomic E-state index is 12.5. The van der Waals surface area contributed by atoms with Crippen molar-refractivity contribution >= 4 is 5.91 Å². The Labute approximate surface area is 116 Å². The number of alkyl halides is 3. The summed E-state index contributed by atoms with van der Waals surface area (Å²) in [6, 6.07) is -0.362. The largest absolute Gasteiger partial charge is 0.412 e. The molecule has 1 atom stereocenters. The molecule has 2 rings (SSSR count). The molecule has 1 fully saturated rings. The van der Waals surface area contributed by atoms with Crippen LogP contribution in [0.1, 0.15) is 13.3 Å². The Kier molecular flexibility index (Phi) is 4.70. The molecule has 0 aromatic heterocycles. The highest BCUT2D eigenvalue weighted by Crippen LogP contribution is 2.30. The van der Waals surface area contributed by atoms with Gasteiger partial charge in [0, 0.05) is 44.8 Å². The maximum absolute atomic E-state index is 12.5. The topological polar surface area (TPSA) is 35.6 Å². The fraction of sp³-hybridized carbons (Fsp3) is 0.769. The van der Waals surface area contributed by atoms with E-state index in [1.165, 1.54) is 6.08 Å². The third-order valence-corrected chi connectivity index (χ3v) is 3.94. The quantitative estimate of drug-likeness (QED) is 0.771. The molecule has 1 saturated heterocycles. The second kappa shape index (κ2) is 6.13. The van der Waals surface area contributed by atoms with Crippen LogP contribution < -0.4 is 5.32 Å². The monoisotopic (exact) mass is 291 g/mol. The van der Waals surface area contributed by atoms with Crippen molar-refractivity contribution in [2.45, 2.75) is 25.6 Å². The van der Waals surface area contributed by atoms with Crippen molar-refractivity contribution in [3.05, 3.63) is 11.6 Å². The van der Waals surface area contributed by atoms with Crippen LogP contribution in [-0.2, 0) is 4.79 Å². The lowest BCUT2D eigenvalue weighted by molar-refractivity contribution is -0.137. The molecule has 1 N–H and O–H groups in total. The minimum Gasteiger partial charge on any atom is -0.339 e. The molecule has 2 heterocycles. The molecule has 1 amide bonds. The lowest BCUT2D eigenvalue weighted by Crippen LogP contribution is -2.53. The van der Waals surface area contributed by atoms with E-state index in [1.54, 1.807) is 16.7 Å². The first kappa shape index (κ1) is 15.3. The molecule has 0 radical (unpaired) electrons. The van der Waals surface area contributed by atoms with Crippen LogP contribution in [0.2, 0.25) is 0 Å². The summed E-state index contributed by atoms with van der Waals surface area (Å²) in [5.74, 6) is 0.00959. The molecular weight excluding hydrogens is 271 g/mol. The van der Waals surface area contributed by atoms with Crippen molar-refractivity contribution < 1.29 is 18.0 Å². The van der Waals surface area contributed by atoms with E-state index >= 15 is 0 Å². The number of hydrogen-bond donors (Lipinski definition) is 1. The van der Waals surface area contributed by atoms with Gasteiger partial charge in [-0.25, -0.2) is 0 Å². The Morgan fingerprint density at radius 2 is 1.95 bits per heavy atom. The van der Waals surface area contributed by atoms with Gasteiger partial charge in [0.2, 0.25) is 5.91 Å². The van der Waals surface area contributed by atoms with Gasteiger partial charge < -0.3 is 10.2 Å². The number of amides is 1. The predicted molar refractivity (Wildman–Crippen MR) is 69.2 cm³/mol. The molecule has 0 saturated carbocycles. The summed E-state index contributed by atoms with van der Waals surface area (Å²) in [7, 11) is 0. The third kappa shape index (κ3) is 3.52. The molecule has 0 bridgehead atoms. The number of nitrogens with one attached hydrogen (secondary N) is 1. The molecule has 114 valence electrons. The van der Waals surface area contributed by atoms with E-state index in [0.29, 0.717) is 13.1 Å². The Morgan fingerprint density at radius 3 is 2.45 bits per heavy atom. The summed E-state index contributed by atoms with van der Waals surface area (Å²) in [5.41, 5.74) is -0.476. The number of carbonyl (C=O) groups is 1. The average Bonchev–Trinajstić information content (AvgIpc) is 2.46. The smallest absolute Gasteiger partial charge is 0.339 e. The third-order valence-electron chi connectivity index (χ3n) is 3.94. The number of halogens is 3. The van der Waals surface area contributed by atoms with E-state index in [9.17, 15) is 18.0 Å². The summed E-state index contributed by atoms with van der Waals surface area (Å²) >= 11 is 0. The van der Waals surface area contributed by atoms with E-state index in [2.05, 4.69) is 5.32 Å². The summed E-state index contributed by atoms with van der Waals surface area (Å²) in [4.78, 5) is 15.9. The molecule has 4 nitrogen and oxygen atoms in total. The Morgan fingerprint density at radius 1 is 1.30 bits per heavy atom. The first-order valence-corrected chi connectivity index (χ1v) is 6.89. The second-order valence-corrected chi connectivity index (χ2v) is 5.22. The van der Waals surface area contributed by atoms with Crippen LogP contribution in [0.25, 0.3) is 0 Å². The first-order chi connectivity index (χ1) is 9.39. The lowest BCUT2D eigenvalue weighted by atomic mass is 10.1. The minimum absolute atomic E-state index is 0.00959. The van der Waals surface area contributed by atoms with Gasteiger partial charge in [-0.05, 0) is 13.3 Å². The van der Waals surface area contributed by atoms with Crippen LogP contribution in [0, 0.1) is 0 Å². The zero-order valence-corrected chi connectivity index (χ0v) is 11.5. The number of carbonyl (C=O) groups excluding carboxylic acids is 1. The predicted octanol–water partition coefficient (Wildman–Crippen LogP) is 1.00. The Bertz CT molecular complexity index is 389.